The Balaban J connectivity index is 1.44. The maximum Gasteiger partial charge on any atom is 0.228 e. The van der Waals surface area contributed by atoms with E-state index in [2.05, 4.69) is 25.0 Å². The van der Waals surface area contributed by atoms with Gasteiger partial charge in [-0.1, -0.05) is 0 Å². The Hall–Kier alpha value is -3.57. The van der Waals surface area contributed by atoms with Crippen molar-refractivity contribution in [3.63, 3.8) is 0 Å². The first-order chi connectivity index (χ1) is 17.4. The predicted octanol–water partition coefficient (Wildman–Crippen LogP) is 3.45. The summed E-state index contributed by atoms with van der Waals surface area (Å²) in [5.74, 6) is -1.12. The summed E-state index contributed by atoms with van der Waals surface area (Å²) >= 11 is 0. The minimum atomic E-state index is -0.749. The van der Waals surface area contributed by atoms with Crippen LogP contribution in [0.1, 0.15) is 41.9 Å². The van der Waals surface area contributed by atoms with E-state index < -0.39 is 17.7 Å². The van der Waals surface area contributed by atoms with Gasteiger partial charge < -0.3 is 14.7 Å². The number of benzene rings is 1. The molecule has 9 nitrogen and oxygen atoms in total. The second-order valence-electron chi connectivity index (χ2n) is 9.38. The fraction of sp³-hybridized carbons (Fsp3) is 0.400. The molecule has 0 amide bonds. The van der Waals surface area contributed by atoms with Crippen LogP contribution in [0.2, 0.25) is 0 Å². The number of hydrogen-bond acceptors (Lipinski definition) is 8. The summed E-state index contributed by atoms with van der Waals surface area (Å²) in [5.41, 5.74) is 3.25. The minimum Gasteiger partial charge on any atom is -0.394 e. The molecule has 1 saturated carbocycles. The van der Waals surface area contributed by atoms with Gasteiger partial charge in [0.05, 0.1) is 42.9 Å². The lowest BCUT2D eigenvalue weighted by Crippen LogP contribution is -2.46. The lowest BCUT2D eigenvalue weighted by atomic mass is 10.1. The Kier molecular flexibility index (Phi) is 5.60. The molecule has 1 aliphatic carbocycles. The first-order valence-corrected chi connectivity index (χ1v) is 11.9. The molecule has 6 rings (SSSR count). The highest BCUT2D eigenvalue weighted by Gasteiger charge is 2.33. The first-order valence-electron chi connectivity index (χ1n) is 11.9. The van der Waals surface area contributed by atoms with E-state index in [9.17, 15) is 13.9 Å². The second-order valence-corrected chi connectivity index (χ2v) is 9.38. The number of ether oxygens (including phenoxy) is 1. The van der Waals surface area contributed by atoms with E-state index in [1.807, 2.05) is 22.7 Å². The van der Waals surface area contributed by atoms with Crippen molar-refractivity contribution >= 4 is 17.1 Å². The number of nitrogens with zero attached hydrogens (tertiary/aromatic N) is 7. The highest BCUT2D eigenvalue weighted by atomic mass is 19.1. The Bertz CT molecular complexity index is 1460. The van der Waals surface area contributed by atoms with Crippen LogP contribution < -0.4 is 4.90 Å². The van der Waals surface area contributed by atoms with Crippen molar-refractivity contribution < 1.29 is 18.6 Å². The van der Waals surface area contributed by atoms with E-state index in [0.717, 1.165) is 24.5 Å². The van der Waals surface area contributed by atoms with Gasteiger partial charge in [-0.05, 0) is 38.8 Å². The molecule has 11 heteroatoms. The molecular weight excluding hydrogens is 468 g/mol. The molecule has 186 valence electrons. The van der Waals surface area contributed by atoms with Crippen molar-refractivity contribution in [2.75, 3.05) is 24.6 Å². The molecule has 0 radical (unpaired) electrons. The van der Waals surface area contributed by atoms with Crippen molar-refractivity contribution in [1.82, 2.24) is 29.7 Å². The van der Waals surface area contributed by atoms with E-state index >= 15 is 0 Å². The van der Waals surface area contributed by atoms with Crippen LogP contribution in [0.4, 0.5) is 14.7 Å². The van der Waals surface area contributed by atoms with Crippen LogP contribution in [0.25, 0.3) is 22.4 Å². The number of hydrogen-bond donors (Lipinski definition) is 1. The van der Waals surface area contributed by atoms with Crippen molar-refractivity contribution in [1.29, 1.82) is 0 Å². The third-order valence-electron chi connectivity index (χ3n) is 6.68. The highest BCUT2D eigenvalue weighted by Crippen LogP contribution is 2.36. The molecule has 2 atom stereocenters. The van der Waals surface area contributed by atoms with Crippen LogP contribution in [0, 0.1) is 25.5 Å². The van der Waals surface area contributed by atoms with Gasteiger partial charge in [-0.25, -0.2) is 23.7 Å². The van der Waals surface area contributed by atoms with Crippen LogP contribution in [-0.4, -0.2) is 60.6 Å². The summed E-state index contributed by atoms with van der Waals surface area (Å²) in [4.78, 5) is 20.4. The van der Waals surface area contributed by atoms with Gasteiger partial charge in [-0.2, -0.15) is 10.1 Å². The zero-order valence-corrected chi connectivity index (χ0v) is 19.9. The van der Waals surface area contributed by atoms with Gasteiger partial charge in [-0.15, -0.1) is 0 Å². The number of aromatic nitrogens is 6. The lowest BCUT2D eigenvalue weighted by Gasteiger charge is -2.37. The Labute approximate surface area is 205 Å². The van der Waals surface area contributed by atoms with Gasteiger partial charge in [0, 0.05) is 29.9 Å². The van der Waals surface area contributed by atoms with Gasteiger partial charge in [0.1, 0.15) is 28.9 Å². The van der Waals surface area contributed by atoms with Gasteiger partial charge in [0.2, 0.25) is 5.95 Å². The maximum atomic E-state index is 14.9. The van der Waals surface area contributed by atoms with Gasteiger partial charge in [-0.3, -0.25) is 4.68 Å². The monoisotopic (exact) mass is 493 g/mol. The molecule has 1 N–H and O–H groups in total. The number of fused-ring (bicyclic) bond motifs is 1. The number of anilines is 1. The number of aryl methyl sites for hydroxylation is 2. The van der Waals surface area contributed by atoms with E-state index in [4.69, 9.17) is 4.74 Å². The van der Waals surface area contributed by atoms with E-state index in [1.54, 1.807) is 13.1 Å². The standard InChI is InChI=1S/C25H25F2N7O2/c1-13-14(2)30-24-23(29-13)22(19-6-3-16(26)7-20(19)27)31-25(32-24)33-10-18(12-35)36-21(11-33)15-8-28-34(9-15)17-4-5-17/h3,6-9,17-18,21,35H,4-5,10-12H2,1-2H3/t18-,21+/m0/s1. The maximum absolute atomic E-state index is 14.9. The molecule has 4 heterocycles. The van der Waals surface area contributed by atoms with Crippen molar-refractivity contribution in [3.8, 4) is 11.3 Å². The minimum absolute atomic E-state index is 0.108. The number of aliphatic hydroxyl groups is 1. The smallest absolute Gasteiger partial charge is 0.228 e. The van der Waals surface area contributed by atoms with Crippen molar-refractivity contribution in [3.05, 3.63) is 59.2 Å². The predicted molar refractivity (Wildman–Crippen MR) is 127 cm³/mol. The first kappa shape index (κ1) is 22.9. The second kappa shape index (κ2) is 8.82. The van der Waals surface area contributed by atoms with Crippen LogP contribution in [-0.2, 0) is 4.74 Å². The van der Waals surface area contributed by atoms with Gasteiger partial charge >= 0.3 is 0 Å². The molecule has 3 aromatic heterocycles. The molecule has 1 aliphatic heterocycles. The molecule has 1 aromatic carbocycles. The fourth-order valence-corrected chi connectivity index (χ4v) is 4.46. The summed E-state index contributed by atoms with van der Waals surface area (Å²) in [5, 5.41) is 14.4. The third kappa shape index (κ3) is 4.18. The molecule has 4 aromatic rings. The Morgan fingerprint density at radius 3 is 2.61 bits per heavy atom. The third-order valence-corrected chi connectivity index (χ3v) is 6.68. The van der Waals surface area contributed by atoms with E-state index in [-0.39, 0.29) is 24.0 Å². The molecule has 0 bridgehead atoms. The van der Waals surface area contributed by atoms with Crippen LogP contribution >= 0.6 is 0 Å². The largest absolute Gasteiger partial charge is 0.394 e. The summed E-state index contributed by atoms with van der Waals surface area (Å²) in [6, 6.07) is 3.79. The summed E-state index contributed by atoms with van der Waals surface area (Å²) in [6.07, 6.45) is 5.16. The average molecular weight is 494 g/mol. The molecule has 2 aliphatic rings. The molecule has 36 heavy (non-hydrogen) atoms. The molecular formula is C25H25F2N7O2. The molecule has 0 spiro atoms. The topological polar surface area (TPSA) is 102 Å². The van der Waals surface area contributed by atoms with Crippen molar-refractivity contribution in [2.45, 2.75) is 44.9 Å². The Morgan fingerprint density at radius 1 is 1.06 bits per heavy atom. The zero-order valence-electron chi connectivity index (χ0n) is 19.9. The summed E-state index contributed by atoms with van der Waals surface area (Å²) in [7, 11) is 0. The molecule has 1 saturated heterocycles. The highest BCUT2D eigenvalue weighted by molar-refractivity contribution is 5.88. The normalized spacial score (nSPS) is 20.3. The quantitative estimate of drug-likeness (QED) is 0.451. The fourth-order valence-electron chi connectivity index (χ4n) is 4.46. The average Bonchev–Trinajstić information content (AvgIpc) is 3.60. The molecule has 0 unspecified atom stereocenters. The number of halogens is 2. The van der Waals surface area contributed by atoms with Gasteiger partial charge in [0.25, 0.3) is 0 Å². The van der Waals surface area contributed by atoms with E-state index in [0.29, 0.717) is 47.6 Å². The lowest BCUT2D eigenvalue weighted by molar-refractivity contribution is -0.0526. The van der Waals surface area contributed by atoms with Crippen LogP contribution in [0.3, 0.4) is 0 Å². The number of rotatable bonds is 5. The number of morpholine rings is 1. The summed E-state index contributed by atoms with van der Waals surface area (Å²) < 4.78 is 36.6. The Morgan fingerprint density at radius 2 is 1.86 bits per heavy atom. The van der Waals surface area contributed by atoms with Crippen LogP contribution in [0.15, 0.2) is 30.6 Å². The molecule has 2 fully saturated rings. The van der Waals surface area contributed by atoms with Crippen molar-refractivity contribution in [2.24, 2.45) is 0 Å². The number of aliphatic hydroxyl groups excluding tert-OH is 1. The summed E-state index contributed by atoms with van der Waals surface area (Å²) in [6.45, 7) is 4.18. The van der Waals surface area contributed by atoms with Crippen LogP contribution in [0.5, 0.6) is 0 Å². The zero-order chi connectivity index (χ0) is 25.0. The van der Waals surface area contributed by atoms with E-state index in [1.165, 1.54) is 12.1 Å². The van der Waals surface area contributed by atoms with Gasteiger partial charge in [0.15, 0.2) is 5.65 Å². The SMILES string of the molecule is Cc1nc2nc(N3C[C@@H](CO)O[C@@H](c4cnn(C5CC5)c4)C3)nc(-c3ccc(F)cc3F)c2nc1C.